The summed E-state index contributed by atoms with van der Waals surface area (Å²) in [6.45, 7) is 8.27. The van der Waals surface area contributed by atoms with Crippen molar-refractivity contribution in [2.45, 2.75) is 63.6 Å². The summed E-state index contributed by atoms with van der Waals surface area (Å²) in [6.07, 6.45) is 6.76. The molecule has 362 valence electrons. The third-order valence-electron chi connectivity index (χ3n) is 15.1. The summed E-state index contributed by atoms with van der Waals surface area (Å²) in [5, 5.41) is 6.22. The first-order chi connectivity index (χ1) is 33.3. The average molecular weight is 944 g/mol. The van der Waals surface area contributed by atoms with E-state index in [9.17, 15) is 24.0 Å². The lowest BCUT2D eigenvalue weighted by molar-refractivity contribution is -0.135. The molecule has 10 rings (SSSR count). The summed E-state index contributed by atoms with van der Waals surface area (Å²) in [7, 11) is 5.44. The Morgan fingerprint density at radius 2 is 1.48 bits per heavy atom. The summed E-state index contributed by atoms with van der Waals surface area (Å²) >= 11 is 0. The first kappa shape index (κ1) is 46.2. The predicted octanol–water partition coefficient (Wildman–Crippen LogP) is 4.72. The fraction of sp³-hybridized carbons (Fsp3) is 0.451. The molecule has 8 heterocycles. The number of anilines is 1. The molecule has 4 saturated heterocycles. The number of aryl methyl sites for hydroxylation is 2. The molecular formula is C51H59F2N11O5. The quantitative estimate of drug-likeness (QED) is 0.175. The molecule has 0 bridgehead atoms. The fourth-order valence-corrected chi connectivity index (χ4v) is 11.2. The maximum absolute atomic E-state index is 15.8. The van der Waals surface area contributed by atoms with Crippen molar-refractivity contribution in [3.05, 3.63) is 122 Å². The Morgan fingerprint density at radius 1 is 0.768 bits per heavy atom. The number of amides is 3. The van der Waals surface area contributed by atoms with Crippen LogP contribution >= 0.6 is 0 Å². The molecular weight excluding hydrogens is 885 g/mol. The van der Waals surface area contributed by atoms with Gasteiger partial charge in [-0.25, -0.2) is 18.6 Å². The Bertz CT molecular complexity index is 3060. The molecule has 2 aromatic carbocycles. The molecule has 0 aliphatic carbocycles. The molecule has 0 radical (unpaired) electrons. The van der Waals surface area contributed by atoms with Crippen LogP contribution < -0.4 is 21.9 Å². The van der Waals surface area contributed by atoms with Gasteiger partial charge >= 0.3 is 5.69 Å². The van der Waals surface area contributed by atoms with Crippen LogP contribution in [-0.2, 0) is 36.8 Å². The minimum Gasteiger partial charge on any atom is -0.388 e. The zero-order valence-electron chi connectivity index (χ0n) is 39.4. The van der Waals surface area contributed by atoms with Gasteiger partial charge in [0.1, 0.15) is 23.3 Å². The van der Waals surface area contributed by atoms with E-state index in [-0.39, 0.29) is 46.5 Å². The van der Waals surface area contributed by atoms with Crippen molar-refractivity contribution < 1.29 is 23.2 Å². The molecule has 4 aliphatic rings. The molecule has 4 aliphatic heterocycles. The summed E-state index contributed by atoms with van der Waals surface area (Å²) in [5.74, 6) is -2.30. The predicted molar refractivity (Wildman–Crippen MR) is 258 cm³/mol. The summed E-state index contributed by atoms with van der Waals surface area (Å²) in [5.41, 5.74) is 5.47. The number of carbonyl (C=O) groups is 3. The van der Waals surface area contributed by atoms with E-state index < -0.39 is 23.6 Å². The standard InChI is InChI=1S/C51H59F2N11O5/c1-54-36-13-19-63(46(66)27-36)41-8-14-55-48-38(41)28-37(57(48)2)31-59-15-11-34(12-16-59)47-39(52)25-35(26-40(47)53)50(68)62-17-9-32(10-18-62)29-60-20-22-61(23-21-60)30-33-4-5-42-44(24-33)58(3)51(69)64(42)43-6-7-45(65)56-49(43)67/h4-5,8,13-14,19,24-28,32,34,43,54H,6-7,9-12,15-18,20-23,29-31H2,1-3H3,(H,56,65,67). The van der Waals surface area contributed by atoms with Crippen LogP contribution in [0.25, 0.3) is 27.8 Å². The van der Waals surface area contributed by atoms with Crippen LogP contribution in [0.15, 0.2) is 76.6 Å². The molecule has 6 aromatic rings. The molecule has 69 heavy (non-hydrogen) atoms. The summed E-state index contributed by atoms with van der Waals surface area (Å²) < 4.78 is 38.4. The number of likely N-dealkylation sites (tertiary alicyclic amines) is 2. The van der Waals surface area contributed by atoms with Gasteiger partial charge in [-0.2, -0.15) is 0 Å². The lowest BCUT2D eigenvalue weighted by Crippen LogP contribution is -2.48. The van der Waals surface area contributed by atoms with Crippen LogP contribution in [0.3, 0.4) is 0 Å². The van der Waals surface area contributed by atoms with Gasteiger partial charge < -0.3 is 19.7 Å². The second kappa shape index (κ2) is 19.1. The largest absolute Gasteiger partial charge is 0.388 e. The number of imidazole rings is 1. The lowest BCUT2D eigenvalue weighted by atomic mass is 9.87. The Hall–Kier alpha value is -6.50. The number of benzene rings is 2. The second-order valence-corrected chi connectivity index (χ2v) is 19.4. The van der Waals surface area contributed by atoms with Crippen LogP contribution in [0.4, 0.5) is 14.5 Å². The highest BCUT2D eigenvalue weighted by Gasteiger charge is 2.33. The lowest BCUT2D eigenvalue weighted by Gasteiger charge is -2.39. The Kier molecular flexibility index (Phi) is 12.8. The molecule has 1 atom stereocenters. The number of halogens is 2. The molecule has 4 aromatic heterocycles. The first-order valence-corrected chi connectivity index (χ1v) is 24.2. The summed E-state index contributed by atoms with van der Waals surface area (Å²) in [6, 6.07) is 15.0. The van der Waals surface area contributed by atoms with Crippen molar-refractivity contribution in [2.75, 3.05) is 71.3 Å². The third-order valence-corrected chi connectivity index (χ3v) is 15.1. The number of piperidine rings is 3. The van der Waals surface area contributed by atoms with Crippen LogP contribution in [0.1, 0.15) is 77.7 Å². The van der Waals surface area contributed by atoms with E-state index >= 15 is 8.78 Å². The molecule has 2 N–H and O–H groups in total. The number of carbonyl (C=O) groups excluding carboxylic acids is 3. The monoisotopic (exact) mass is 943 g/mol. The van der Waals surface area contributed by atoms with Crippen LogP contribution in [-0.4, -0.2) is 127 Å². The van der Waals surface area contributed by atoms with Crippen molar-refractivity contribution in [3.63, 3.8) is 0 Å². The van der Waals surface area contributed by atoms with Crippen molar-refractivity contribution in [2.24, 2.45) is 20.0 Å². The number of nitrogens with zero attached hydrogens (tertiary/aromatic N) is 9. The van der Waals surface area contributed by atoms with E-state index in [1.807, 2.05) is 41.9 Å². The van der Waals surface area contributed by atoms with E-state index in [0.717, 1.165) is 91.3 Å². The van der Waals surface area contributed by atoms with Crippen molar-refractivity contribution in [1.82, 2.24) is 48.2 Å². The number of imide groups is 1. The highest BCUT2D eigenvalue weighted by Crippen LogP contribution is 2.35. The van der Waals surface area contributed by atoms with Crippen molar-refractivity contribution in [1.29, 1.82) is 0 Å². The molecule has 1 unspecified atom stereocenters. The maximum atomic E-state index is 15.8. The van der Waals surface area contributed by atoms with Crippen molar-refractivity contribution >= 4 is 45.5 Å². The molecule has 0 spiro atoms. The van der Waals surface area contributed by atoms with Crippen LogP contribution in [0.2, 0.25) is 0 Å². The Balaban J connectivity index is 0.689. The van der Waals surface area contributed by atoms with E-state index in [1.165, 1.54) is 16.7 Å². The van der Waals surface area contributed by atoms with Gasteiger partial charge in [0.05, 0.1) is 16.7 Å². The van der Waals surface area contributed by atoms with Gasteiger partial charge in [0.2, 0.25) is 11.8 Å². The smallest absolute Gasteiger partial charge is 0.329 e. The molecule has 0 saturated carbocycles. The maximum Gasteiger partial charge on any atom is 0.329 e. The van der Waals surface area contributed by atoms with E-state index in [1.54, 1.807) is 46.6 Å². The minimum absolute atomic E-state index is 0.0537. The van der Waals surface area contributed by atoms with Gasteiger partial charge in [0, 0.05) is 133 Å². The first-order valence-electron chi connectivity index (χ1n) is 24.2. The number of rotatable bonds is 11. The highest BCUT2D eigenvalue weighted by atomic mass is 19.1. The van der Waals surface area contributed by atoms with Gasteiger partial charge in [-0.3, -0.25) is 48.0 Å². The summed E-state index contributed by atoms with van der Waals surface area (Å²) in [4.78, 5) is 77.6. The number of pyridine rings is 2. The number of fused-ring (bicyclic) bond motifs is 2. The number of aromatic nitrogens is 5. The van der Waals surface area contributed by atoms with Gasteiger partial charge in [0.25, 0.3) is 11.5 Å². The number of hydrogen-bond acceptors (Lipinski definition) is 10. The normalized spacial score (nSPS) is 19.5. The zero-order chi connectivity index (χ0) is 48.1. The molecule has 4 fully saturated rings. The van der Waals surface area contributed by atoms with Crippen LogP contribution in [0, 0.1) is 17.6 Å². The van der Waals surface area contributed by atoms with Gasteiger partial charge in [-0.15, -0.1) is 0 Å². The van der Waals surface area contributed by atoms with Gasteiger partial charge in [-0.05, 0) is 105 Å². The average Bonchev–Trinajstić information content (AvgIpc) is 3.79. The van der Waals surface area contributed by atoms with Gasteiger partial charge in [-0.1, -0.05) is 6.07 Å². The number of nitrogens with one attached hydrogen (secondary N) is 2. The molecule has 16 nitrogen and oxygen atoms in total. The zero-order valence-corrected chi connectivity index (χ0v) is 39.4. The molecule has 3 amide bonds. The Labute approximate surface area is 398 Å². The number of piperazine rings is 1. The number of hydrogen-bond donors (Lipinski definition) is 2. The SMILES string of the molecule is CNc1ccn(-c2ccnc3c2cc(CN2CCC(c4c(F)cc(C(=O)N5CCC(CN6CCN(Cc7ccc8c(c7)n(C)c(=O)n8C7CCC(=O)NC7=O)CC6)CC5)cc4F)CC2)n3C)c(=O)c1. The van der Waals surface area contributed by atoms with Crippen LogP contribution in [0.5, 0.6) is 0 Å². The molecule has 18 heteroatoms. The Morgan fingerprint density at radius 3 is 2.17 bits per heavy atom. The topological polar surface area (TPSA) is 155 Å². The van der Waals surface area contributed by atoms with E-state index in [0.29, 0.717) is 63.4 Å². The third kappa shape index (κ3) is 9.12. The van der Waals surface area contributed by atoms with E-state index in [4.69, 9.17) is 0 Å². The van der Waals surface area contributed by atoms with Crippen molar-refractivity contribution in [3.8, 4) is 5.69 Å². The minimum atomic E-state index is -0.715. The van der Waals surface area contributed by atoms with E-state index in [2.05, 4.69) is 36.4 Å². The fourth-order valence-electron chi connectivity index (χ4n) is 11.2. The highest BCUT2D eigenvalue weighted by molar-refractivity contribution is 6.00. The van der Waals surface area contributed by atoms with Gasteiger partial charge in [0.15, 0.2) is 0 Å². The second-order valence-electron chi connectivity index (χ2n) is 19.4.